The number of carbonyl (C=O) groups excluding carboxylic acids is 1. The number of nitrogens with one attached hydrogen (secondary N) is 1. The molecule has 28 heavy (non-hydrogen) atoms. The van der Waals surface area contributed by atoms with E-state index in [4.69, 9.17) is 0 Å². The summed E-state index contributed by atoms with van der Waals surface area (Å²) in [6.07, 6.45) is 2.73. The molecule has 0 saturated carbocycles. The molecule has 1 aromatic heterocycles. The first-order chi connectivity index (χ1) is 13.5. The minimum absolute atomic E-state index is 0.150. The van der Waals surface area contributed by atoms with Crippen molar-refractivity contribution in [1.29, 1.82) is 0 Å². The number of halogens is 1. The lowest BCUT2D eigenvalue weighted by Gasteiger charge is -2.25. The fourth-order valence-corrected chi connectivity index (χ4v) is 3.79. The molecule has 0 atom stereocenters. The minimum Gasteiger partial charge on any atom is -0.350 e. The summed E-state index contributed by atoms with van der Waals surface area (Å²) in [6, 6.07) is 16.4. The number of benzene rings is 2. The molecule has 0 bridgehead atoms. The van der Waals surface area contributed by atoms with E-state index in [0.717, 1.165) is 36.2 Å². The summed E-state index contributed by atoms with van der Waals surface area (Å²) in [5.74, 6) is -0.434. The molecule has 1 N–H and O–H groups in total. The molecule has 1 amide bonds. The number of carbonyl (C=O) groups is 1. The summed E-state index contributed by atoms with van der Waals surface area (Å²) in [7, 11) is 0. The van der Waals surface area contributed by atoms with E-state index in [2.05, 4.69) is 36.4 Å². The summed E-state index contributed by atoms with van der Waals surface area (Å²) in [6.45, 7) is 4.75. The van der Waals surface area contributed by atoms with Crippen molar-refractivity contribution in [2.24, 2.45) is 0 Å². The maximum Gasteiger partial charge on any atom is 0.272 e. The van der Waals surface area contributed by atoms with Crippen LogP contribution in [0.25, 0.3) is 5.69 Å². The molecular formula is C23H24FN3O. The second-order valence-electron chi connectivity index (χ2n) is 7.95. The molecule has 0 radical (unpaired) electrons. The highest BCUT2D eigenvalue weighted by molar-refractivity contribution is 5.94. The molecule has 5 heteroatoms. The third-order valence-electron chi connectivity index (χ3n) is 5.46. The van der Waals surface area contributed by atoms with Gasteiger partial charge in [0.2, 0.25) is 0 Å². The van der Waals surface area contributed by atoms with Crippen molar-refractivity contribution in [1.82, 2.24) is 15.1 Å². The van der Waals surface area contributed by atoms with E-state index in [-0.39, 0.29) is 17.1 Å². The Bertz CT molecular complexity index is 991. The number of fused-ring (bicyclic) bond motifs is 1. The van der Waals surface area contributed by atoms with Crippen molar-refractivity contribution in [3.8, 4) is 5.69 Å². The monoisotopic (exact) mass is 377 g/mol. The second kappa shape index (κ2) is 7.23. The number of aromatic nitrogens is 2. The lowest BCUT2D eigenvalue weighted by atomic mass is 9.84. The lowest BCUT2D eigenvalue weighted by molar-refractivity contribution is 0.0939. The fraction of sp³-hybridized carbons (Fsp3) is 0.304. The maximum atomic E-state index is 13.3. The van der Waals surface area contributed by atoms with Crippen LogP contribution in [0.2, 0.25) is 0 Å². The van der Waals surface area contributed by atoms with E-state index in [1.807, 2.05) is 18.2 Å². The van der Waals surface area contributed by atoms with E-state index in [9.17, 15) is 9.18 Å². The molecule has 4 rings (SSSR count). The Hall–Kier alpha value is -2.95. The molecule has 0 spiro atoms. The van der Waals surface area contributed by atoms with E-state index in [1.54, 1.807) is 16.8 Å². The summed E-state index contributed by atoms with van der Waals surface area (Å²) in [5, 5.41) is 7.65. The van der Waals surface area contributed by atoms with Crippen molar-refractivity contribution in [3.63, 3.8) is 0 Å². The van der Waals surface area contributed by atoms with Gasteiger partial charge in [0, 0.05) is 23.2 Å². The van der Waals surface area contributed by atoms with Crippen molar-refractivity contribution in [2.75, 3.05) is 6.54 Å². The van der Waals surface area contributed by atoms with Crippen LogP contribution >= 0.6 is 0 Å². The summed E-state index contributed by atoms with van der Waals surface area (Å²) in [4.78, 5) is 12.9. The van der Waals surface area contributed by atoms with Crippen LogP contribution < -0.4 is 5.32 Å². The van der Waals surface area contributed by atoms with Crippen molar-refractivity contribution >= 4 is 5.91 Å². The van der Waals surface area contributed by atoms with Crippen LogP contribution in [0.15, 0.2) is 54.6 Å². The molecule has 0 aliphatic heterocycles. The van der Waals surface area contributed by atoms with Gasteiger partial charge in [-0.2, -0.15) is 5.10 Å². The molecule has 1 aliphatic rings. The Morgan fingerprint density at radius 1 is 1.11 bits per heavy atom. The van der Waals surface area contributed by atoms with Crippen LogP contribution in [0, 0.1) is 5.82 Å². The quantitative estimate of drug-likeness (QED) is 0.724. The zero-order valence-electron chi connectivity index (χ0n) is 16.2. The van der Waals surface area contributed by atoms with Gasteiger partial charge in [0.05, 0.1) is 5.69 Å². The average Bonchev–Trinajstić information content (AvgIpc) is 3.30. The molecule has 0 unspecified atom stereocenters. The van der Waals surface area contributed by atoms with Gasteiger partial charge in [0.15, 0.2) is 5.69 Å². The smallest absolute Gasteiger partial charge is 0.272 e. The van der Waals surface area contributed by atoms with Crippen molar-refractivity contribution in [3.05, 3.63) is 82.9 Å². The largest absolute Gasteiger partial charge is 0.350 e. The molecule has 3 aromatic rings. The zero-order chi connectivity index (χ0) is 19.7. The van der Waals surface area contributed by atoms with Gasteiger partial charge in [-0.1, -0.05) is 44.2 Å². The third kappa shape index (κ3) is 3.44. The number of amides is 1. The molecular weight excluding hydrogens is 353 g/mol. The Balaban J connectivity index is 1.57. The highest BCUT2D eigenvalue weighted by atomic mass is 19.1. The van der Waals surface area contributed by atoms with Gasteiger partial charge in [-0.3, -0.25) is 4.79 Å². The molecule has 0 saturated heterocycles. The second-order valence-corrected chi connectivity index (χ2v) is 7.95. The number of nitrogens with zero attached hydrogens (tertiary/aromatic N) is 2. The number of hydrogen-bond acceptors (Lipinski definition) is 2. The van der Waals surface area contributed by atoms with Crippen LogP contribution in [0.4, 0.5) is 4.39 Å². The van der Waals surface area contributed by atoms with Gasteiger partial charge in [-0.25, -0.2) is 9.07 Å². The van der Waals surface area contributed by atoms with Crippen LogP contribution in [-0.4, -0.2) is 22.2 Å². The Kier molecular flexibility index (Phi) is 4.75. The van der Waals surface area contributed by atoms with Gasteiger partial charge in [0.1, 0.15) is 5.82 Å². The predicted octanol–water partition coefficient (Wildman–Crippen LogP) is 4.21. The minimum atomic E-state index is -0.284. The van der Waals surface area contributed by atoms with E-state index < -0.39 is 0 Å². The predicted molar refractivity (Wildman–Crippen MR) is 107 cm³/mol. The van der Waals surface area contributed by atoms with Gasteiger partial charge in [-0.15, -0.1) is 0 Å². The average molecular weight is 377 g/mol. The first-order valence-electron chi connectivity index (χ1n) is 9.66. The maximum absolute atomic E-state index is 13.3. The Morgan fingerprint density at radius 3 is 2.54 bits per heavy atom. The number of hydrogen-bond donors (Lipinski definition) is 1. The number of rotatable bonds is 5. The molecule has 144 valence electrons. The van der Waals surface area contributed by atoms with E-state index in [1.165, 1.54) is 17.7 Å². The van der Waals surface area contributed by atoms with Gasteiger partial charge < -0.3 is 5.32 Å². The Labute approximate surface area is 164 Å². The van der Waals surface area contributed by atoms with Gasteiger partial charge >= 0.3 is 0 Å². The lowest BCUT2D eigenvalue weighted by Crippen LogP contribution is -2.37. The topological polar surface area (TPSA) is 46.9 Å². The summed E-state index contributed by atoms with van der Waals surface area (Å²) in [5.41, 5.74) is 4.33. The van der Waals surface area contributed by atoms with Crippen LogP contribution in [0.5, 0.6) is 0 Å². The van der Waals surface area contributed by atoms with E-state index in [0.29, 0.717) is 12.2 Å². The van der Waals surface area contributed by atoms with Crippen molar-refractivity contribution < 1.29 is 9.18 Å². The summed E-state index contributed by atoms with van der Waals surface area (Å²) >= 11 is 0. The third-order valence-corrected chi connectivity index (χ3v) is 5.46. The Morgan fingerprint density at radius 2 is 1.82 bits per heavy atom. The van der Waals surface area contributed by atoms with Crippen LogP contribution in [0.3, 0.4) is 0 Å². The normalized spacial score (nSPS) is 13.4. The molecule has 2 aromatic carbocycles. The SMILES string of the molecule is CC(C)(CNC(=O)c1nn(-c2ccc(F)cc2)c2c1CCC2)c1ccccc1. The van der Waals surface area contributed by atoms with Crippen molar-refractivity contribution in [2.45, 2.75) is 38.5 Å². The van der Waals surface area contributed by atoms with Gasteiger partial charge in [0.25, 0.3) is 5.91 Å². The van der Waals surface area contributed by atoms with Crippen LogP contribution in [0.1, 0.15) is 47.6 Å². The zero-order valence-corrected chi connectivity index (χ0v) is 16.2. The molecule has 1 aliphatic carbocycles. The molecule has 1 heterocycles. The highest BCUT2D eigenvalue weighted by Crippen LogP contribution is 2.28. The molecule has 4 nitrogen and oxygen atoms in total. The standard InChI is InChI=1S/C23H24FN3O/c1-23(2,16-7-4-3-5-8-16)15-25-22(28)21-19-9-6-10-20(19)27(26-21)18-13-11-17(24)12-14-18/h3-5,7-8,11-14H,6,9-10,15H2,1-2H3,(H,25,28). The van der Waals surface area contributed by atoms with E-state index >= 15 is 0 Å². The first kappa shape index (κ1) is 18.4. The molecule has 0 fully saturated rings. The van der Waals surface area contributed by atoms with Crippen LogP contribution in [-0.2, 0) is 18.3 Å². The van der Waals surface area contributed by atoms with Gasteiger partial charge in [-0.05, 0) is 49.1 Å². The summed E-state index contributed by atoms with van der Waals surface area (Å²) < 4.78 is 15.1. The fourth-order valence-electron chi connectivity index (χ4n) is 3.79. The highest BCUT2D eigenvalue weighted by Gasteiger charge is 2.28. The first-order valence-corrected chi connectivity index (χ1v) is 9.66.